The lowest BCUT2D eigenvalue weighted by Crippen LogP contribution is -2.44. The number of piperazine rings is 1. The molecule has 0 saturated carbocycles. The highest BCUT2D eigenvalue weighted by Gasteiger charge is 2.22. The van der Waals surface area contributed by atoms with Crippen molar-refractivity contribution in [2.45, 2.75) is 23.5 Å². The van der Waals surface area contributed by atoms with Crippen molar-refractivity contribution in [3.63, 3.8) is 0 Å². The van der Waals surface area contributed by atoms with Crippen molar-refractivity contribution in [3.8, 4) is 5.75 Å². The van der Waals surface area contributed by atoms with Gasteiger partial charge in [0.25, 0.3) is 5.56 Å². The summed E-state index contributed by atoms with van der Waals surface area (Å²) >= 11 is 1.44. The maximum Gasteiger partial charge on any atom is 0.280 e. The lowest BCUT2D eigenvalue weighted by Gasteiger charge is -2.28. The average Bonchev–Trinajstić information content (AvgIpc) is 3.11. The number of hydrogen-bond acceptors (Lipinski definition) is 7. The normalized spacial score (nSPS) is 14.6. The van der Waals surface area contributed by atoms with E-state index in [1.807, 2.05) is 35.8 Å². The van der Waals surface area contributed by atoms with Gasteiger partial charge in [-0.05, 0) is 31.2 Å². The fraction of sp³-hybridized carbons (Fsp3) is 0.421. The summed E-state index contributed by atoms with van der Waals surface area (Å²) in [5.41, 5.74) is 1.00. The lowest BCUT2D eigenvalue weighted by atomic mass is 10.3. The Balaban J connectivity index is 1.76. The Morgan fingerprint density at radius 3 is 2.54 bits per heavy atom. The molecule has 0 atom stereocenters. The van der Waals surface area contributed by atoms with Gasteiger partial charge >= 0.3 is 0 Å². The number of anilines is 1. The molecular weight excluding hydrogens is 376 g/mol. The van der Waals surface area contributed by atoms with Gasteiger partial charge in [0.05, 0.1) is 7.11 Å². The minimum atomic E-state index is -0.0725. The number of hydrogen-bond donors (Lipinski definition) is 1. The zero-order valence-electron chi connectivity index (χ0n) is 16.3. The standard InChI is InChI=1S/C19H24N6O2S/c1-4-25-15-16(21-18(25)24-11-9-20-10-12-24)22-19(23(2)17(15)26)28-14-7-5-13(27-3)6-8-14/h5-8,20H,4,9-12H2,1-3H3. The van der Waals surface area contributed by atoms with E-state index in [4.69, 9.17) is 14.7 Å². The van der Waals surface area contributed by atoms with Gasteiger partial charge < -0.3 is 19.5 Å². The molecule has 1 aromatic carbocycles. The Morgan fingerprint density at radius 2 is 1.89 bits per heavy atom. The summed E-state index contributed by atoms with van der Waals surface area (Å²) in [5, 5.41) is 3.97. The fourth-order valence-electron chi connectivity index (χ4n) is 3.38. The summed E-state index contributed by atoms with van der Waals surface area (Å²) in [6.45, 7) is 6.28. The maximum atomic E-state index is 13.1. The number of nitrogens with zero attached hydrogens (tertiary/aromatic N) is 5. The van der Waals surface area contributed by atoms with Crippen molar-refractivity contribution in [2.75, 3.05) is 38.2 Å². The molecule has 4 rings (SSSR count). The molecule has 2 aromatic heterocycles. The van der Waals surface area contributed by atoms with Gasteiger partial charge in [-0.1, -0.05) is 11.8 Å². The van der Waals surface area contributed by atoms with Gasteiger partial charge in [-0.3, -0.25) is 9.36 Å². The molecule has 1 saturated heterocycles. The predicted molar refractivity (Wildman–Crippen MR) is 111 cm³/mol. The van der Waals surface area contributed by atoms with Gasteiger partial charge in [0.15, 0.2) is 16.3 Å². The highest BCUT2D eigenvalue weighted by Crippen LogP contribution is 2.28. The van der Waals surface area contributed by atoms with Crippen molar-refractivity contribution >= 4 is 28.9 Å². The van der Waals surface area contributed by atoms with Crippen LogP contribution in [0.1, 0.15) is 6.92 Å². The minimum Gasteiger partial charge on any atom is -0.497 e. The average molecular weight is 401 g/mol. The van der Waals surface area contributed by atoms with E-state index in [-0.39, 0.29) is 5.56 Å². The molecule has 28 heavy (non-hydrogen) atoms. The van der Waals surface area contributed by atoms with E-state index in [9.17, 15) is 4.79 Å². The summed E-state index contributed by atoms with van der Waals surface area (Å²) in [7, 11) is 3.40. The molecule has 3 heterocycles. The number of aryl methyl sites for hydroxylation is 1. The van der Waals surface area contributed by atoms with Gasteiger partial charge in [0.2, 0.25) is 5.95 Å². The van der Waals surface area contributed by atoms with E-state index in [1.54, 1.807) is 18.7 Å². The van der Waals surface area contributed by atoms with E-state index in [2.05, 4.69) is 10.2 Å². The quantitative estimate of drug-likeness (QED) is 0.654. The monoisotopic (exact) mass is 400 g/mol. The van der Waals surface area contributed by atoms with Crippen molar-refractivity contribution in [2.24, 2.45) is 7.05 Å². The summed E-state index contributed by atoms with van der Waals surface area (Å²) in [4.78, 5) is 25.8. The van der Waals surface area contributed by atoms with Crippen LogP contribution >= 0.6 is 11.8 Å². The second-order valence-electron chi connectivity index (χ2n) is 6.60. The largest absolute Gasteiger partial charge is 0.497 e. The van der Waals surface area contributed by atoms with Crippen LogP contribution in [-0.4, -0.2) is 52.4 Å². The highest BCUT2D eigenvalue weighted by molar-refractivity contribution is 7.99. The van der Waals surface area contributed by atoms with E-state index in [1.165, 1.54) is 11.8 Å². The number of rotatable bonds is 5. The van der Waals surface area contributed by atoms with Gasteiger partial charge in [-0.25, -0.2) is 4.98 Å². The molecule has 0 unspecified atom stereocenters. The topological polar surface area (TPSA) is 77.2 Å². The number of imidazole rings is 1. The number of nitrogens with one attached hydrogen (secondary N) is 1. The molecule has 0 bridgehead atoms. The lowest BCUT2D eigenvalue weighted by molar-refractivity contribution is 0.414. The zero-order valence-corrected chi connectivity index (χ0v) is 17.1. The number of methoxy groups -OCH3 is 1. The van der Waals surface area contributed by atoms with E-state index >= 15 is 0 Å². The van der Waals surface area contributed by atoms with Crippen molar-refractivity contribution in [1.82, 2.24) is 24.4 Å². The molecule has 1 aliphatic rings. The first-order valence-electron chi connectivity index (χ1n) is 9.37. The SMILES string of the molecule is CCn1c(N2CCNCC2)nc2nc(Sc3ccc(OC)cc3)n(C)c(=O)c21. The Kier molecular flexibility index (Phi) is 5.27. The molecule has 0 amide bonds. The molecule has 9 heteroatoms. The fourth-order valence-corrected chi connectivity index (χ4v) is 4.21. The van der Waals surface area contributed by atoms with Crippen LogP contribution in [0.2, 0.25) is 0 Å². The molecule has 8 nitrogen and oxygen atoms in total. The van der Waals surface area contributed by atoms with E-state index in [0.717, 1.165) is 42.8 Å². The van der Waals surface area contributed by atoms with Crippen molar-refractivity contribution in [3.05, 3.63) is 34.6 Å². The third kappa shape index (κ3) is 3.35. The van der Waals surface area contributed by atoms with Crippen LogP contribution in [0.4, 0.5) is 5.95 Å². The van der Waals surface area contributed by atoms with Crippen molar-refractivity contribution < 1.29 is 4.74 Å². The molecule has 3 aromatic rings. The van der Waals surface area contributed by atoms with E-state index < -0.39 is 0 Å². The molecule has 1 aliphatic heterocycles. The van der Waals surface area contributed by atoms with Crippen LogP contribution in [0.15, 0.2) is 39.1 Å². The third-order valence-corrected chi connectivity index (χ3v) is 5.96. The smallest absolute Gasteiger partial charge is 0.280 e. The number of ether oxygens (including phenoxy) is 1. The van der Waals surface area contributed by atoms with Crippen LogP contribution in [-0.2, 0) is 13.6 Å². The Morgan fingerprint density at radius 1 is 1.18 bits per heavy atom. The van der Waals surface area contributed by atoms with Crippen molar-refractivity contribution in [1.29, 1.82) is 0 Å². The van der Waals surface area contributed by atoms with Gasteiger partial charge in [-0.2, -0.15) is 4.98 Å². The molecule has 148 valence electrons. The van der Waals surface area contributed by atoms with Crippen LogP contribution in [0, 0.1) is 0 Å². The molecular formula is C19H24N6O2S. The molecule has 0 spiro atoms. The predicted octanol–water partition coefficient (Wildman–Crippen LogP) is 1.72. The first-order valence-corrected chi connectivity index (χ1v) is 10.2. The van der Waals surface area contributed by atoms with Crippen LogP contribution in [0.5, 0.6) is 5.75 Å². The highest BCUT2D eigenvalue weighted by atomic mass is 32.2. The summed E-state index contributed by atoms with van der Waals surface area (Å²) in [6, 6.07) is 7.70. The van der Waals surface area contributed by atoms with Gasteiger partial charge in [-0.15, -0.1) is 0 Å². The Hall–Kier alpha value is -2.52. The molecule has 0 aliphatic carbocycles. The molecule has 1 N–H and O–H groups in total. The van der Waals surface area contributed by atoms with E-state index in [0.29, 0.717) is 22.9 Å². The number of benzene rings is 1. The van der Waals surface area contributed by atoms with Crippen LogP contribution in [0.3, 0.4) is 0 Å². The Bertz CT molecular complexity index is 1040. The summed E-state index contributed by atoms with van der Waals surface area (Å²) in [6.07, 6.45) is 0. The maximum absolute atomic E-state index is 13.1. The first-order chi connectivity index (χ1) is 13.6. The number of fused-ring (bicyclic) bond motifs is 1. The second-order valence-corrected chi connectivity index (χ2v) is 7.64. The summed E-state index contributed by atoms with van der Waals surface area (Å²) in [5.74, 6) is 1.62. The van der Waals surface area contributed by atoms with Gasteiger partial charge in [0.1, 0.15) is 5.75 Å². The summed E-state index contributed by atoms with van der Waals surface area (Å²) < 4.78 is 8.79. The van der Waals surface area contributed by atoms with Crippen LogP contribution in [0.25, 0.3) is 11.2 Å². The first kappa shape index (κ1) is 18.8. The minimum absolute atomic E-state index is 0.0725. The third-order valence-electron chi connectivity index (χ3n) is 4.91. The van der Waals surface area contributed by atoms with Gasteiger partial charge in [0, 0.05) is 44.7 Å². The molecule has 0 radical (unpaired) electrons. The van der Waals surface area contributed by atoms with Crippen LogP contribution < -0.4 is 20.5 Å². The number of aromatic nitrogens is 4. The second kappa shape index (κ2) is 7.84. The molecule has 1 fully saturated rings. The zero-order chi connectivity index (χ0) is 19.7. The Labute approximate surface area is 167 Å².